The highest BCUT2D eigenvalue weighted by molar-refractivity contribution is 7.22. The van der Waals surface area contributed by atoms with Crippen molar-refractivity contribution in [3.63, 3.8) is 0 Å². The van der Waals surface area contributed by atoms with Gasteiger partial charge in [-0.3, -0.25) is 0 Å². The van der Waals surface area contributed by atoms with Crippen molar-refractivity contribution >= 4 is 55.6 Å². The van der Waals surface area contributed by atoms with Crippen molar-refractivity contribution < 1.29 is 4.39 Å². The lowest BCUT2D eigenvalue weighted by Crippen LogP contribution is -2.39. The normalized spacial score (nSPS) is 14.8. The third-order valence-corrected chi connectivity index (χ3v) is 7.21. The summed E-state index contributed by atoms with van der Waals surface area (Å²) in [5.41, 5.74) is 4.84. The Morgan fingerprint density at radius 1 is 1.06 bits per heavy atom. The summed E-state index contributed by atoms with van der Waals surface area (Å²) in [5.74, 6) is -0.344. The van der Waals surface area contributed by atoms with Gasteiger partial charge in [-0.2, -0.15) is 0 Å². The molecule has 3 heterocycles. The van der Waals surface area contributed by atoms with Crippen LogP contribution in [0.25, 0.3) is 21.3 Å². The van der Waals surface area contributed by atoms with Crippen LogP contribution in [0.5, 0.6) is 0 Å². The van der Waals surface area contributed by atoms with Crippen molar-refractivity contribution in [2.45, 2.75) is 25.8 Å². The first-order valence-corrected chi connectivity index (χ1v) is 12.0. The minimum Gasteiger partial charge on any atom is -0.371 e. The molecular weight excluding hydrogens is 466 g/mol. The predicted molar refractivity (Wildman–Crippen MR) is 133 cm³/mol. The van der Waals surface area contributed by atoms with Gasteiger partial charge in [0.2, 0.25) is 0 Å². The second-order valence-corrected chi connectivity index (χ2v) is 9.87. The number of nitrogens with zero attached hydrogens (tertiary/aromatic N) is 3. The molecular formula is C24H21Cl2FN4S. The van der Waals surface area contributed by atoms with E-state index < -0.39 is 0 Å². The van der Waals surface area contributed by atoms with Gasteiger partial charge in [0.05, 0.1) is 15.2 Å². The van der Waals surface area contributed by atoms with E-state index in [-0.39, 0.29) is 5.82 Å². The maximum atomic E-state index is 13.6. The number of thiazole rings is 1. The number of benzene rings is 2. The molecule has 4 nitrogen and oxygen atoms in total. The van der Waals surface area contributed by atoms with Crippen LogP contribution in [0.1, 0.15) is 18.4 Å². The van der Waals surface area contributed by atoms with Crippen LogP contribution >= 0.6 is 34.5 Å². The van der Waals surface area contributed by atoms with Crippen LogP contribution in [-0.4, -0.2) is 29.1 Å². The van der Waals surface area contributed by atoms with Gasteiger partial charge in [-0.05, 0) is 67.8 Å². The number of piperidine rings is 1. The fourth-order valence-electron chi connectivity index (χ4n) is 4.19. The number of anilines is 2. The van der Waals surface area contributed by atoms with E-state index in [9.17, 15) is 4.39 Å². The maximum absolute atomic E-state index is 13.6. The number of pyridine rings is 1. The zero-order valence-corrected chi connectivity index (χ0v) is 19.7. The average molecular weight is 487 g/mol. The quantitative estimate of drug-likeness (QED) is 0.309. The first-order chi connectivity index (χ1) is 15.5. The third-order valence-electron chi connectivity index (χ3n) is 5.76. The molecule has 4 aromatic rings. The van der Waals surface area contributed by atoms with Crippen molar-refractivity contribution in [3.05, 3.63) is 70.2 Å². The molecule has 5 rings (SSSR count). The van der Waals surface area contributed by atoms with Crippen molar-refractivity contribution in [1.82, 2.24) is 9.97 Å². The van der Waals surface area contributed by atoms with E-state index in [1.165, 1.54) is 12.1 Å². The van der Waals surface area contributed by atoms with Gasteiger partial charge in [0.15, 0.2) is 5.13 Å². The summed E-state index contributed by atoms with van der Waals surface area (Å²) in [6.45, 7) is 3.94. The van der Waals surface area contributed by atoms with Gasteiger partial charge in [0.1, 0.15) is 11.0 Å². The Bertz CT molecular complexity index is 1280. The minimum atomic E-state index is -0.344. The molecule has 1 N–H and O–H groups in total. The SMILES string of the molecule is Cc1cc(-c2ccc(F)cc2Cl)c2nc(NC3CCN(c4ccnc(Cl)c4)CC3)sc2c1. The molecule has 0 bridgehead atoms. The van der Waals surface area contributed by atoms with Crippen LogP contribution in [0.3, 0.4) is 0 Å². The van der Waals surface area contributed by atoms with Crippen LogP contribution in [0.15, 0.2) is 48.7 Å². The summed E-state index contributed by atoms with van der Waals surface area (Å²) in [6.07, 6.45) is 3.76. The predicted octanol–water partition coefficient (Wildman–Crippen LogP) is 7.19. The summed E-state index contributed by atoms with van der Waals surface area (Å²) in [5, 5.41) is 5.43. The molecule has 8 heteroatoms. The van der Waals surface area contributed by atoms with E-state index in [4.69, 9.17) is 28.2 Å². The lowest BCUT2D eigenvalue weighted by Gasteiger charge is -2.33. The molecule has 1 aliphatic rings. The fourth-order valence-corrected chi connectivity index (χ4v) is 5.69. The van der Waals surface area contributed by atoms with E-state index in [1.54, 1.807) is 23.6 Å². The lowest BCUT2D eigenvalue weighted by atomic mass is 10.0. The number of aryl methyl sites for hydroxylation is 1. The van der Waals surface area contributed by atoms with E-state index >= 15 is 0 Å². The van der Waals surface area contributed by atoms with Gasteiger partial charge in [0, 0.05) is 42.1 Å². The molecule has 0 saturated carbocycles. The monoisotopic (exact) mass is 486 g/mol. The lowest BCUT2D eigenvalue weighted by molar-refractivity contribution is 0.526. The molecule has 1 fully saturated rings. The van der Waals surface area contributed by atoms with Crippen molar-refractivity contribution in [2.75, 3.05) is 23.3 Å². The highest BCUT2D eigenvalue weighted by atomic mass is 35.5. The van der Waals surface area contributed by atoms with Gasteiger partial charge >= 0.3 is 0 Å². The molecule has 0 unspecified atom stereocenters. The zero-order valence-electron chi connectivity index (χ0n) is 17.4. The Labute approximate surface area is 200 Å². The molecule has 32 heavy (non-hydrogen) atoms. The smallest absolute Gasteiger partial charge is 0.184 e. The molecule has 0 spiro atoms. The summed E-state index contributed by atoms with van der Waals surface area (Å²) < 4.78 is 14.6. The van der Waals surface area contributed by atoms with E-state index in [2.05, 4.69) is 27.3 Å². The second kappa shape index (κ2) is 8.85. The molecule has 1 saturated heterocycles. The van der Waals surface area contributed by atoms with Crippen LogP contribution in [0, 0.1) is 12.7 Å². The number of hydrogen-bond acceptors (Lipinski definition) is 5. The molecule has 0 atom stereocenters. The van der Waals surface area contributed by atoms with E-state index in [1.807, 2.05) is 19.1 Å². The minimum absolute atomic E-state index is 0.344. The molecule has 0 aliphatic carbocycles. The highest BCUT2D eigenvalue weighted by Crippen LogP contribution is 2.38. The van der Waals surface area contributed by atoms with Gasteiger partial charge < -0.3 is 10.2 Å². The second-order valence-electron chi connectivity index (χ2n) is 8.04. The molecule has 1 aliphatic heterocycles. The Balaban J connectivity index is 1.36. The zero-order chi connectivity index (χ0) is 22.2. The first-order valence-electron chi connectivity index (χ1n) is 10.5. The molecule has 0 amide bonds. The van der Waals surface area contributed by atoms with Crippen molar-refractivity contribution in [3.8, 4) is 11.1 Å². The van der Waals surface area contributed by atoms with Crippen molar-refractivity contribution in [2.24, 2.45) is 0 Å². The van der Waals surface area contributed by atoms with E-state index in [0.29, 0.717) is 16.2 Å². The fraction of sp³-hybridized carbons (Fsp3) is 0.250. The van der Waals surface area contributed by atoms with Gasteiger partial charge in [-0.1, -0.05) is 34.5 Å². The average Bonchev–Trinajstić information content (AvgIpc) is 3.16. The highest BCUT2D eigenvalue weighted by Gasteiger charge is 2.21. The Hall–Kier alpha value is -2.41. The molecule has 0 radical (unpaired) electrons. The Morgan fingerprint density at radius 2 is 1.88 bits per heavy atom. The summed E-state index contributed by atoms with van der Waals surface area (Å²) in [4.78, 5) is 11.3. The van der Waals surface area contributed by atoms with Crippen LogP contribution in [0.2, 0.25) is 10.2 Å². The number of aromatic nitrogens is 2. The number of halogens is 3. The van der Waals surface area contributed by atoms with Gasteiger partial charge in [-0.15, -0.1) is 0 Å². The Morgan fingerprint density at radius 3 is 2.62 bits per heavy atom. The van der Waals surface area contributed by atoms with Crippen LogP contribution in [-0.2, 0) is 0 Å². The number of rotatable bonds is 4. The molecule has 164 valence electrons. The van der Waals surface area contributed by atoms with Crippen molar-refractivity contribution in [1.29, 1.82) is 0 Å². The van der Waals surface area contributed by atoms with Gasteiger partial charge in [0.25, 0.3) is 0 Å². The number of fused-ring (bicyclic) bond motifs is 1. The number of nitrogens with one attached hydrogen (secondary N) is 1. The molecule has 2 aromatic carbocycles. The summed E-state index contributed by atoms with van der Waals surface area (Å²) in [7, 11) is 0. The largest absolute Gasteiger partial charge is 0.371 e. The Kier molecular flexibility index (Phi) is 5.93. The van der Waals surface area contributed by atoms with Crippen LogP contribution in [0.4, 0.5) is 15.2 Å². The maximum Gasteiger partial charge on any atom is 0.184 e. The first kappa shape index (κ1) is 21.4. The standard InChI is InChI=1S/C24H21Cl2FN4S/c1-14-10-19(18-3-2-15(27)12-20(18)25)23-21(11-14)32-24(30-23)29-16-5-8-31(9-6-16)17-4-7-28-22(26)13-17/h2-4,7,10-13,16H,5-6,8-9H2,1H3,(H,29,30). The van der Waals surface area contributed by atoms with Crippen LogP contribution < -0.4 is 10.2 Å². The summed E-state index contributed by atoms with van der Waals surface area (Å²) >= 11 is 14.0. The summed E-state index contributed by atoms with van der Waals surface area (Å²) in [6, 6.07) is 13.0. The third kappa shape index (κ3) is 4.40. The van der Waals surface area contributed by atoms with Gasteiger partial charge in [-0.25, -0.2) is 14.4 Å². The number of hydrogen-bond donors (Lipinski definition) is 1. The van der Waals surface area contributed by atoms with E-state index in [0.717, 1.165) is 63.7 Å². The molecule has 2 aromatic heterocycles. The topological polar surface area (TPSA) is 41.1 Å².